The van der Waals surface area contributed by atoms with Gasteiger partial charge in [0.15, 0.2) is 0 Å². The number of piperidine rings is 1. The number of esters is 1. The molecule has 2 rings (SSSR count). The van der Waals surface area contributed by atoms with Crippen LogP contribution in [0, 0.1) is 19.8 Å². The van der Waals surface area contributed by atoms with Gasteiger partial charge in [-0.3, -0.25) is 9.59 Å². The van der Waals surface area contributed by atoms with Crippen LogP contribution < -0.4 is 5.32 Å². The third kappa shape index (κ3) is 6.82. The van der Waals surface area contributed by atoms with Crippen molar-refractivity contribution >= 4 is 17.8 Å². The van der Waals surface area contributed by atoms with Gasteiger partial charge in [0.2, 0.25) is 11.8 Å². The van der Waals surface area contributed by atoms with Crippen LogP contribution in [-0.2, 0) is 20.7 Å². The Hall–Kier alpha value is -2.35. The lowest BCUT2D eigenvalue weighted by molar-refractivity contribution is -0.135. The highest BCUT2D eigenvalue weighted by Crippen LogP contribution is 2.22. The highest BCUT2D eigenvalue weighted by Gasteiger charge is 2.28. The third-order valence-corrected chi connectivity index (χ3v) is 6.43. The first kappa shape index (κ1) is 25.9. The van der Waals surface area contributed by atoms with Gasteiger partial charge in [-0.15, -0.1) is 0 Å². The average molecular weight is 449 g/mol. The summed E-state index contributed by atoms with van der Waals surface area (Å²) < 4.78 is 5.10. The summed E-state index contributed by atoms with van der Waals surface area (Å²) >= 11 is 0. The molecule has 1 aliphatic rings. The minimum absolute atomic E-state index is 0.0473. The molecule has 1 aliphatic heterocycles. The van der Waals surface area contributed by atoms with Crippen LogP contribution in [0.5, 0.6) is 0 Å². The molecule has 1 fully saturated rings. The molecule has 8 nitrogen and oxygen atoms in total. The van der Waals surface area contributed by atoms with Crippen LogP contribution in [0.25, 0.3) is 0 Å². The number of hydrogen-bond acceptors (Lipinski definition) is 5. The van der Waals surface area contributed by atoms with E-state index >= 15 is 0 Å². The van der Waals surface area contributed by atoms with Crippen LogP contribution in [0.2, 0.25) is 0 Å². The number of likely N-dealkylation sites (tertiary alicyclic amines) is 1. The molecule has 8 heteroatoms. The molecule has 2 amide bonds. The quantitative estimate of drug-likeness (QED) is 0.507. The van der Waals surface area contributed by atoms with Gasteiger partial charge in [0, 0.05) is 38.3 Å². The molecule has 32 heavy (non-hydrogen) atoms. The minimum atomic E-state index is -0.364. The molecule has 0 saturated carbocycles. The molecule has 0 aliphatic carbocycles. The lowest BCUT2D eigenvalue weighted by Crippen LogP contribution is -2.46. The average Bonchev–Trinajstić information content (AvgIpc) is 3.08. The Morgan fingerprint density at radius 1 is 1.19 bits per heavy atom. The molecule has 1 atom stereocenters. The summed E-state index contributed by atoms with van der Waals surface area (Å²) in [6.07, 6.45) is 2.58. The number of hydrogen-bond donors (Lipinski definition) is 2. The van der Waals surface area contributed by atoms with E-state index in [1.807, 2.05) is 18.7 Å². The molecule has 1 aromatic heterocycles. The lowest BCUT2D eigenvalue weighted by atomic mass is 9.96. The summed E-state index contributed by atoms with van der Waals surface area (Å²) in [4.78, 5) is 44.8. The Balaban J connectivity index is 1.87. The van der Waals surface area contributed by atoms with E-state index in [2.05, 4.69) is 29.0 Å². The molecule has 2 N–H and O–H groups in total. The Morgan fingerprint density at radius 2 is 1.91 bits per heavy atom. The normalized spacial score (nSPS) is 16.3. The number of aromatic amines is 1. The van der Waals surface area contributed by atoms with Gasteiger partial charge in [-0.05, 0) is 64.3 Å². The number of nitrogens with zero attached hydrogens (tertiary/aromatic N) is 2. The molecule has 0 spiro atoms. The van der Waals surface area contributed by atoms with Crippen LogP contribution in [-0.4, -0.2) is 78.4 Å². The zero-order valence-corrected chi connectivity index (χ0v) is 20.4. The fourth-order valence-corrected chi connectivity index (χ4v) is 4.40. The predicted octanol–water partition coefficient (Wildman–Crippen LogP) is 2.44. The number of amides is 2. The zero-order chi connectivity index (χ0) is 23.7. The van der Waals surface area contributed by atoms with Gasteiger partial charge in [0.25, 0.3) is 0 Å². The molecule has 180 valence electrons. The van der Waals surface area contributed by atoms with Crippen LogP contribution in [0.1, 0.15) is 67.3 Å². The second-order valence-corrected chi connectivity index (χ2v) is 8.45. The summed E-state index contributed by atoms with van der Waals surface area (Å²) in [5, 5.41) is 3.04. The van der Waals surface area contributed by atoms with Gasteiger partial charge in [-0.2, -0.15) is 0 Å². The molecule has 2 heterocycles. The summed E-state index contributed by atoms with van der Waals surface area (Å²) in [7, 11) is 0. The first-order valence-corrected chi connectivity index (χ1v) is 11.9. The van der Waals surface area contributed by atoms with E-state index < -0.39 is 0 Å². The molecule has 0 aromatic carbocycles. The molecule has 1 saturated heterocycles. The lowest BCUT2D eigenvalue weighted by Gasteiger charge is -2.32. The van der Waals surface area contributed by atoms with Gasteiger partial charge in [-0.1, -0.05) is 13.8 Å². The first-order valence-electron chi connectivity index (χ1n) is 11.9. The summed E-state index contributed by atoms with van der Waals surface area (Å²) in [6.45, 7) is 14.7. The Labute approximate surface area is 192 Å². The molecular weight excluding hydrogens is 408 g/mol. The molecule has 0 unspecified atom stereocenters. The monoisotopic (exact) mass is 448 g/mol. The van der Waals surface area contributed by atoms with E-state index in [9.17, 15) is 14.4 Å². The SMILES string of the molecule is CCOC(=O)c1[nH]c(C)c(CCC(=O)N2CCC[C@H](C(=O)NCCN(CC)CC)C2)c1C. The molecule has 1 aromatic rings. The number of H-pyrrole nitrogens is 1. The summed E-state index contributed by atoms with van der Waals surface area (Å²) in [5.41, 5.74) is 3.19. The highest BCUT2D eigenvalue weighted by atomic mass is 16.5. The predicted molar refractivity (Wildman–Crippen MR) is 125 cm³/mol. The Bertz CT molecular complexity index is 785. The van der Waals surface area contributed by atoms with Crippen molar-refractivity contribution in [2.24, 2.45) is 5.92 Å². The number of nitrogens with one attached hydrogen (secondary N) is 2. The third-order valence-electron chi connectivity index (χ3n) is 6.43. The second-order valence-electron chi connectivity index (χ2n) is 8.45. The number of carbonyl (C=O) groups is 3. The zero-order valence-electron chi connectivity index (χ0n) is 20.4. The van der Waals surface area contributed by atoms with E-state index in [0.717, 1.165) is 49.3 Å². The number of likely N-dealkylation sites (N-methyl/N-ethyl adjacent to an activating group) is 1. The van der Waals surface area contributed by atoms with Gasteiger partial charge >= 0.3 is 5.97 Å². The summed E-state index contributed by atoms with van der Waals surface area (Å²) in [5.74, 6) is -0.401. The maximum absolute atomic E-state index is 12.9. The largest absolute Gasteiger partial charge is 0.461 e. The fraction of sp³-hybridized carbons (Fsp3) is 0.708. The van der Waals surface area contributed by atoms with Crippen molar-refractivity contribution in [1.82, 2.24) is 20.1 Å². The highest BCUT2D eigenvalue weighted by molar-refractivity contribution is 5.90. The first-order chi connectivity index (χ1) is 15.3. The van der Waals surface area contributed by atoms with Crippen LogP contribution in [0.3, 0.4) is 0 Å². The van der Waals surface area contributed by atoms with E-state index in [4.69, 9.17) is 4.74 Å². The number of aromatic nitrogens is 1. The van der Waals surface area contributed by atoms with Crippen LogP contribution in [0.4, 0.5) is 0 Å². The van der Waals surface area contributed by atoms with Crippen molar-refractivity contribution in [2.45, 2.75) is 60.3 Å². The van der Waals surface area contributed by atoms with Crippen molar-refractivity contribution in [2.75, 3.05) is 45.9 Å². The number of rotatable bonds is 11. The maximum atomic E-state index is 12.9. The molecule has 0 radical (unpaired) electrons. The second kappa shape index (κ2) is 12.6. The molecule has 0 bridgehead atoms. The van der Waals surface area contributed by atoms with Crippen LogP contribution in [0.15, 0.2) is 0 Å². The van der Waals surface area contributed by atoms with E-state index in [1.165, 1.54) is 0 Å². The van der Waals surface area contributed by atoms with Gasteiger partial charge in [-0.25, -0.2) is 4.79 Å². The van der Waals surface area contributed by atoms with Crippen molar-refractivity contribution in [3.05, 3.63) is 22.5 Å². The van der Waals surface area contributed by atoms with E-state index in [0.29, 0.717) is 44.8 Å². The van der Waals surface area contributed by atoms with Crippen molar-refractivity contribution in [3.8, 4) is 0 Å². The number of aryl methyl sites for hydroxylation is 1. The van der Waals surface area contributed by atoms with Crippen LogP contribution >= 0.6 is 0 Å². The maximum Gasteiger partial charge on any atom is 0.355 e. The van der Waals surface area contributed by atoms with Crippen molar-refractivity contribution in [1.29, 1.82) is 0 Å². The Morgan fingerprint density at radius 3 is 2.56 bits per heavy atom. The van der Waals surface area contributed by atoms with Gasteiger partial charge in [0.1, 0.15) is 5.69 Å². The van der Waals surface area contributed by atoms with Gasteiger partial charge < -0.3 is 24.8 Å². The minimum Gasteiger partial charge on any atom is -0.461 e. The molecular formula is C24H40N4O4. The van der Waals surface area contributed by atoms with E-state index in [-0.39, 0.29) is 23.7 Å². The summed E-state index contributed by atoms with van der Waals surface area (Å²) in [6, 6.07) is 0. The number of ether oxygens (including phenoxy) is 1. The van der Waals surface area contributed by atoms with Gasteiger partial charge in [0.05, 0.1) is 12.5 Å². The smallest absolute Gasteiger partial charge is 0.355 e. The van der Waals surface area contributed by atoms with E-state index in [1.54, 1.807) is 6.92 Å². The standard InChI is InChI=1S/C24H40N4O4/c1-6-27(7-2)15-13-25-23(30)19-10-9-14-28(16-19)21(29)12-11-20-17(4)22(26-18(20)5)24(31)32-8-3/h19,26H,6-16H2,1-5H3,(H,25,30)/t19-/m0/s1. The Kier molecular flexibility index (Phi) is 10.2. The number of carbonyl (C=O) groups excluding carboxylic acids is 3. The van der Waals surface area contributed by atoms with Crippen molar-refractivity contribution in [3.63, 3.8) is 0 Å². The fourth-order valence-electron chi connectivity index (χ4n) is 4.40. The topological polar surface area (TPSA) is 94.7 Å². The van der Waals surface area contributed by atoms with Crippen molar-refractivity contribution < 1.29 is 19.1 Å².